The summed E-state index contributed by atoms with van der Waals surface area (Å²) >= 11 is 4.97. The largest absolute Gasteiger partial charge is 0.457 e. The van der Waals surface area contributed by atoms with Crippen molar-refractivity contribution in [2.75, 3.05) is 13.1 Å². The second-order valence-corrected chi connectivity index (χ2v) is 8.10. The van der Waals surface area contributed by atoms with Crippen LogP contribution in [0.5, 0.6) is 0 Å². The van der Waals surface area contributed by atoms with Crippen molar-refractivity contribution in [2.24, 2.45) is 5.41 Å². The fourth-order valence-corrected chi connectivity index (χ4v) is 4.72. The predicted molar refractivity (Wildman–Crippen MR) is 93.5 cm³/mol. The summed E-state index contributed by atoms with van der Waals surface area (Å²) in [6.07, 6.45) is 5.01. The summed E-state index contributed by atoms with van der Waals surface area (Å²) in [5, 5.41) is 7.62. The molecule has 1 spiro atoms. The van der Waals surface area contributed by atoms with Crippen LogP contribution < -0.4 is 5.32 Å². The molecule has 122 valence electrons. The zero-order chi connectivity index (χ0) is 15.9. The Morgan fingerprint density at radius 3 is 2.96 bits per heavy atom. The van der Waals surface area contributed by atoms with Gasteiger partial charge in [0, 0.05) is 18.7 Å². The van der Waals surface area contributed by atoms with Gasteiger partial charge in [0.15, 0.2) is 4.67 Å². The lowest BCUT2D eigenvalue weighted by Crippen LogP contribution is -2.39. The molecule has 4 rings (SSSR count). The number of halogens is 1. The van der Waals surface area contributed by atoms with Gasteiger partial charge in [-0.3, -0.25) is 4.79 Å². The average Bonchev–Trinajstić information content (AvgIpc) is 2.97. The Kier molecular flexibility index (Phi) is 4.07. The smallest absolute Gasteiger partial charge is 0.257 e. The zero-order valence-electron chi connectivity index (χ0n) is 12.8. The van der Waals surface area contributed by atoms with Gasteiger partial charge < -0.3 is 14.6 Å². The highest BCUT2D eigenvalue weighted by Gasteiger charge is 2.57. The third kappa shape index (κ3) is 2.99. The van der Waals surface area contributed by atoms with Gasteiger partial charge in [0.2, 0.25) is 0 Å². The van der Waals surface area contributed by atoms with E-state index in [1.807, 2.05) is 0 Å². The molecule has 23 heavy (non-hydrogen) atoms. The topological polar surface area (TPSA) is 45.5 Å². The van der Waals surface area contributed by atoms with Gasteiger partial charge in [-0.15, -0.1) is 0 Å². The van der Waals surface area contributed by atoms with Crippen molar-refractivity contribution in [1.82, 2.24) is 10.2 Å². The van der Waals surface area contributed by atoms with E-state index < -0.39 is 0 Å². The molecule has 4 nitrogen and oxygen atoms in total. The Morgan fingerprint density at radius 1 is 1.48 bits per heavy atom. The minimum Gasteiger partial charge on any atom is -0.457 e. The van der Waals surface area contributed by atoms with Crippen LogP contribution in [0.1, 0.15) is 35.2 Å². The molecule has 2 aliphatic rings. The number of amides is 1. The van der Waals surface area contributed by atoms with Crippen molar-refractivity contribution in [3.8, 4) is 0 Å². The number of carbonyl (C=O) groups excluding carboxylic acids is 1. The van der Waals surface area contributed by atoms with Gasteiger partial charge in [0.05, 0.1) is 5.56 Å². The van der Waals surface area contributed by atoms with E-state index in [-0.39, 0.29) is 5.91 Å². The Hall–Kier alpha value is -1.11. The Bertz CT molecular complexity index is 691. The Morgan fingerprint density at radius 2 is 2.30 bits per heavy atom. The molecule has 1 saturated heterocycles. The van der Waals surface area contributed by atoms with Crippen LogP contribution in [-0.4, -0.2) is 29.9 Å². The molecule has 1 unspecified atom stereocenters. The van der Waals surface area contributed by atoms with Crippen LogP contribution in [0.15, 0.2) is 38.2 Å². The highest BCUT2D eigenvalue weighted by molar-refractivity contribution is 9.10. The minimum absolute atomic E-state index is 0.0751. The molecular weight excluding hydrogens is 376 g/mol. The van der Waals surface area contributed by atoms with Crippen LogP contribution in [-0.2, 0) is 6.54 Å². The van der Waals surface area contributed by atoms with Gasteiger partial charge in [-0.25, -0.2) is 0 Å². The van der Waals surface area contributed by atoms with E-state index in [1.165, 1.54) is 18.4 Å². The molecule has 2 aromatic rings. The third-order valence-electron chi connectivity index (χ3n) is 5.13. The maximum absolute atomic E-state index is 13.0. The van der Waals surface area contributed by atoms with Gasteiger partial charge in [-0.05, 0) is 76.1 Å². The van der Waals surface area contributed by atoms with E-state index in [2.05, 4.69) is 43.0 Å². The molecule has 0 radical (unpaired) electrons. The van der Waals surface area contributed by atoms with Crippen LogP contribution >= 0.6 is 27.3 Å². The number of hydrogen-bond acceptors (Lipinski definition) is 4. The van der Waals surface area contributed by atoms with Crippen LogP contribution in [0, 0.1) is 5.41 Å². The van der Waals surface area contributed by atoms with E-state index in [1.54, 1.807) is 23.7 Å². The molecule has 2 aromatic heterocycles. The fraction of sp³-hybridized carbons (Fsp3) is 0.471. The van der Waals surface area contributed by atoms with E-state index >= 15 is 0 Å². The molecule has 1 aliphatic heterocycles. The van der Waals surface area contributed by atoms with Crippen molar-refractivity contribution >= 4 is 33.2 Å². The molecule has 1 amide bonds. The minimum atomic E-state index is 0.0751. The van der Waals surface area contributed by atoms with Gasteiger partial charge >= 0.3 is 0 Å². The van der Waals surface area contributed by atoms with Gasteiger partial charge in [-0.2, -0.15) is 11.3 Å². The first kappa shape index (κ1) is 15.4. The summed E-state index contributed by atoms with van der Waals surface area (Å²) in [4.78, 5) is 15.1. The maximum Gasteiger partial charge on any atom is 0.257 e. The molecule has 0 bridgehead atoms. The van der Waals surface area contributed by atoms with Crippen molar-refractivity contribution < 1.29 is 9.21 Å². The first-order valence-corrected chi connectivity index (χ1v) is 9.68. The van der Waals surface area contributed by atoms with E-state index in [0.717, 1.165) is 19.5 Å². The number of furan rings is 1. The van der Waals surface area contributed by atoms with Crippen molar-refractivity contribution in [1.29, 1.82) is 0 Å². The average molecular weight is 395 g/mol. The van der Waals surface area contributed by atoms with E-state index in [9.17, 15) is 4.79 Å². The summed E-state index contributed by atoms with van der Waals surface area (Å²) in [6, 6.07) is 4.22. The van der Waals surface area contributed by atoms with E-state index in [0.29, 0.717) is 28.2 Å². The second kappa shape index (κ2) is 6.07. The number of nitrogens with one attached hydrogen (secondary N) is 1. The van der Waals surface area contributed by atoms with Gasteiger partial charge in [0.1, 0.15) is 6.26 Å². The highest BCUT2D eigenvalue weighted by atomic mass is 79.9. The quantitative estimate of drug-likeness (QED) is 0.855. The fourth-order valence-electron chi connectivity index (χ4n) is 3.72. The Balaban J connectivity index is 1.58. The molecule has 1 aliphatic carbocycles. The summed E-state index contributed by atoms with van der Waals surface area (Å²) < 4.78 is 5.87. The molecule has 1 saturated carbocycles. The predicted octanol–water partition coefficient (Wildman–Crippen LogP) is 3.89. The third-order valence-corrected chi connectivity index (χ3v) is 6.28. The molecule has 1 N–H and O–H groups in total. The first-order chi connectivity index (χ1) is 11.2. The summed E-state index contributed by atoms with van der Waals surface area (Å²) in [6.45, 7) is 2.81. The van der Waals surface area contributed by atoms with Crippen molar-refractivity contribution in [3.63, 3.8) is 0 Å². The lowest BCUT2D eigenvalue weighted by atomic mass is 9.93. The number of rotatable bonds is 4. The molecule has 1 atom stereocenters. The number of carbonyl (C=O) groups is 1. The maximum atomic E-state index is 13.0. The number of hydrogen-bond donors (Lipinski definition) is 1. The summed E-state index contributed by atoms with van der Waals surface area (Å²) in [5.41, 5.74) is 2.17. The summed E-state index contributed by atoms with van der Waals surface area (Å²) in [5.74, 6) is 0.0751. The summed E-state index contributed by atoms with van der Waals surface area (Å²) in [7, 11) is 0. The van der Waals surface area contributed by atoms with Crippen LogP contribution in [0.2, 0.25) is 0 Å². The van der Waals surface area contributed by atoms with Crippen LogP contribution in [0.4, 0.5) is 0 Å². The first-order valence-electron chi connectivity index (χ1n) is 7.95. The molecule has 3 heterocycles. The molecular formula is C17H19BrN2O2S. The normalized spacial score (nSPS) is 22.2. The molecule has 6 heteroatoms. The second-order valence-electron chi connectivity index (χ2n) is 6.54. The monoisotopic (exact) mass is 394 g/mol. The molecule has 0 aromatic carbocycles. The standard InChI is InChI=1S/C17H19BrN2O2S/c18-15-7-13(10-22-15)16(21)20(9-12-1-6-23-11-12)14-8-17(14)2-4-19-5-3-17/h1,6-7,10-11,14,19H,2-5,8-9H2. The van der Waals surface area contributed by atoms with Crippen LogP contribution in [0.3, 0.4) is 0 Å². The number of piperidine rings is 1. The number of thiophene rings is 1. The molecule has 2 fully saturated rings. The van der Waals surface area contributed by atoms with Crippen LogP contribution in [0.25, 0.3) is 0 Å². The van der Waals surface area contributed by atoms with Crippen molar-refractivity contribution in [3.05, 3.63) is 45.0 Å². The van der Waals surface area contributed by atoms with Crippen molar-refractivity contribution in [2.45, 2.75) is 31.8 Å². The van der Waals surface area contributed by atoms with E-state index in [4.69, 9.17) is 4.42 Å². The SMILES string of the molecule is O=C(c1coc(Br)c1)N(Cc1ccsc1)C1CC12CCNCC2. The highest BCUT2D eigenvalue weighted by Crippen LogP contribution is 2.56. The lowest BCUT2D eigenvalue weighted by molar-refractivity contribution is 0.0691. The Labute approximate surface area is 148 Å². The number of nitrogens with zero attached hydrogens (tertiary/aromatic N) is 1. The zero-order valence-corrected chi connectivity index (χ0v) is 15.2. The lowest BCUT2D eigenvalue weighted by Gasteiger charge is -2.29. The van der Waals surface area contributed by atoms with Gasteiger partial charge in [0.25, 0.3) is 5.91 Å². The van der Waals surface area contributed by atoms with Gasteiger partial charge in [-0.1, -0.05) is 0 Å².